The fourth-order valence-electron chi connectivity index (χ4n) is 2.44. The van der Waals surface area contributed by atoms with Crippen LogP contribution in [-0.4, -0.2) is 28.3 Å². The molecule has 128 valence electrons. The lowest BCUT2D eigenvalue weighted by Gasteiger charge is -2.21. The SMILES string of the molecule is COc1cc(F)ccc1-c1ccncc1N(Cc1ncco1)C(=O)O. The summed E-state index contributed by atoms with van der Waals surface area (Å²) in [6.07, 6.45) is 4.53. The lowest BCUT2D eigenvalue weighted by Crippen LogP contribution is -2.29. The summed E-state index contributed by atoms with van der Waals surface area (Å²) >= 11 is 0. The number of carbonyl (C=O) groups is 1. The van der Waals surface area contributed by atoms with E-state index >= 15 is 0 Å². The number of hydrogen-bond acceptors (Lipinski definition) is 5. The molecule has 2 aromatic heterocycles. The molecule has 8 heteroatoms. The minimum Gasteiger partial charge on any atom is -0.496 e. The number of rotatable bonds is 5. The minimum atomic E-state index is -1.20. The van der Waals surface area contributed by atoms with Crippen LogP contribution in [0.2, 0.25) is 0 Å². The molecule has 0 aliphatic carbocycles. The van der Waals surface area contributed by atoms with Crippen molar-refractivity contribution in [1.29, 1.82) is 0 Å². The van der Waals surface area contributed by atoms with Crippen molar-refractivity contribution in [2.24, 2.45) is 0 Å². The van der Waals surface area contributed by atoms with Gasteiger partial charge in [0.25, 0.3) is 0 Å². The Labute approximate surface area is 142 Å². The van der Waals surface area contributed by atoms with Crippen molar-refractivity contribution in [1.82, 2.24) is 9.97 Å². The normalized spacial score (nSPS) is 10.5. The van der Waals surface area contributed by atoms with Gasteiger partial charge in [-0.05, 0) is 18.2 Å². The zero-order valence-corrected chi connectivity index (χ0v) is 13.2. The number of benzene rings is 1. The zero-order chi connectivity index (χ0) is 17.8. The van der Waals surface area contributed by atoms with Crippen molar-refractivity contribution >= 4 is 11.8 Å². The molecule has 0 radical (unpaired) electrons. The zero-order valence-electron chi connectivity index (χ0n) is 13.2. The first-order chi connectivity index (χ1) is 12.1. The largest absolute Gasteiger partial charge is 0.496 e. The average molecular weight is 343 g/mol. The van der Waals surface area contributed by atoms with E-state index in [9.17, 15) is 14.3 Å². The molecule has 0 fully saturated rings. The van der Waals surface area contributed by atoms with Gasteiger partial charge in [0.1, 0.15) is 24.4 Å². The Balaban J connectivity index is 2.10. The number of methoxy groups -OCH3 is 1. The van der Waals surface area contributed by atoms with Gasteiger partial charge in [-0.3, -0.25) is 9.88 Å². The second-order valence-corrected chi connectivity index (χ2v) is 5.03. The number of nitrogens with zero attached hydrogens (tertiary/aromatic N) is 3. The number of anilines is 1. The second-order valence-electron chi connectivity index (χ2n) is 5.03. The fraction of sp³-hybridized carbons (Fsp3) is 0.118. The van der Waals surface area contributed by atoms with E-state index in [0.717, 1.165) is 4.90 Å². The molecule has 0 atom stereocenters. The Bertz CT molecular complexity index is 883. The summed E-state index contributed by atoms with van der Waals surface area (Å²) in [5, 5.41) is 9.60. The van der Waals surface area contributed by atoms with E-state index in [2.05, 4.69) is 9.97 Å². The number of halogens is 1. The van der Waals surface area contributed by atoms with E-state index in [0.29, 0.717) is 16.8 Å². The Hall–Kier alpha value is -3.42. The number of carboxylic acid groups (broad SMARTS) is 1. The summed E-state index contributed by atoms with van der Waals surface area (Å²) in [4.78, 5) is 20.8. The summed E-state index contributed by atoms with van der Waals surface area (Å²) in [7, 11) is 1.42. The van der Waals surface area contributed by atoms with Crippen molar-refractivity contribution in [2.75, 3.05) is 12.0 Å². The van der Waals surface area contributed by atoms with Gasteiger partial charge >= 0.3 is 6.09 Å². The van der Waals surface area contributed by atoms with Crippen LogP contribution in [0.1, 0.15) is 5.89 Å². The molecule has 3 rings (SSSR count). The topological polar surface area (TPSA) is 88.7 Å². The molecule has 0 spiro atoms. The number of aromatic nitrogens is 2. The number of pyridine rings is 1. The molecule has 1 amide bonds. The lowest BCUT2D eigenvalue weighted by molar-refractivity contribution is 0.200. The van der Waals surface area contributed by atoms with Gasteiger partial charge in [-0.25, -0.2) is 14.2 Å². The first kappa shape index (κ1) is 16.4. The number of ether oxygens (including phenoxy) is 1. The summed E-state index contributed by atoms with van der Waals surface area (Å²) in [5.41, 5.74) is 1.37. The van der Waals surface area contributed by atoms with Crippen molar-refractivity contribution in [2.45, 2.75) is 6.54 Å². The third-order valence-corrected chi connectivity index (χ3v) is 3.55. The molecule has 0 aliphatic rings. The first-order valence-electron chi connectivity index (χ1n) is 7.27. The number of amides is 1. The van der Waals surface area contributed by atoms with Gasteiger partial charge in [-0.1, -0.05) is 0 Å². The molecule has 25 heavy (non-hydrogen) atoms. The van der Waals surface area contributed by atoms with E-state index in [1.54, 1.807) is 6.07 Å². The van der Waals surface area contributed by atoms with Crippen molar-refractivity contribution in [3.63, 3.8) is 0 Å². The second kappa shape index (κ2) is 7.00. The predicted molar refractivity (Wildman–Crippen MR) is 86.9 cm³/mol. The van der Waals surface area contributed by atoms with Crippen molar-refractivity contribution in [3.8, 4) is 16.9 Å². The molecule has 0 saturated carbocycles. The monoisotopic (exact) mass is 343 g/mol. The van der Waals surface area contributed by atoms with Crippen LogP contribution in [0.4, 0.5) is 14.9 Å². The lowest BCUT2D eigenvalue weighted by atomic mass is 10.0. The van der Waals surface area contributed by atoms with Crippen LogP contribution in [0.5, 0.6) is 5.75 Å². The van der Waals surface area contributed by atoms with E-state index in [-0.39, 0.29) is 18.2 Å². The van der Waals surface area contributed by atoms with Crippen LogP contribution in [0.25, 0.3) is 11.1 Å². The molecule has 0 saturated heterocycles. The Morgan fingerprint density at radius 3 is 2.84 bits per heavy atom. The highest BCUT2D eigenvalue weighted by Gasteiger charge is 2.22. The predicted octanol–water partition coefficient (Wildman–Crippen LogP) is 3.57. The molecule has 1 N–H and O–H groups in total. The highest BCUT2D eigenvalue weighted by Crippen LogP contribution is 2.37. The number of hydrogen-bond donors (Lipinski definition) is 1. The van der Waals surface area contributed by atoms with Crippen LogP contribution in [0, 0.1) is 5.82 Å². The van der Waals surface area contributed by atoms with Gasteiger partial charge in [0.2, 0.25) is 5.89 Å². The van der Waals surface area contributed by atoms with Crippen LogP contribution in [0.15, 0.2) is 53.5 Å². The number of oxazole rings is 1. The smallest absolute Gasteiger partial charge is 0.412 e. The van der Waals surface area contributed by atoms with Crippen molar-refractivity contribution < 1.29 is 23.4 Å². The quantitative estimate of drug-likeness (QED) is 0.762. The average Bonchev–Trinajstić information content (AvgIpc) is 3.12. The van der Waals surface area contributed by atoms with E-state index in [4.69, 9.17) is 9.15 Å². The molecule has 2 heterocycles. The Morgan fingerprint density at radius 1 is 1.32 bits per heavy atom. The molecule has 0 unspecified atom stereocenters. The van der Waals surface area contributed by atoms with Crippen LogP contribution >= 0.6 is 0 Å². The molecule has 3 aromatic rings. The van der Waals surface area contributed by atoms with Gasteiger partial charge in [0, 0.05) is 23.4 Å². The molecule has 7 nitrogen and oxygen atoms in total. The third kappa shape index (κ3) is 3.42. The van der Waals surface area contributed by atoms with Crippen molar-refractivity contribution in [3.05, 3.63) is 60.8 Å². The van der Waals surface area contributed by atoms with E-state index in [1.165, 1.54) is 50.2 Å². The molecular weight excluding hydrogens is 329 g/mol. The van der Waals surface area contributed by atoms with Gasteiger partial charge in [-0.15, -0.1) is 0 Å². The summed E-state index contributed by atoms with van der Waals surface area (Å²) < 4.78 is 23.8. The Kier molecular flexibility index (Phi) is 4.60. The molecule has 0 bridgehead atoms. The Morgan fingerprint density at radius 2 is 2.16 bits per heavy atom. The van der Waals surface area contributed by atoms with Crippen LogP contribution < -0.4 is 9.64 Å². The van der Waals surface area contributed by atoms with Crippen LogP contribution in [0.3, 0.4) is 0 Å². The highest BCUT2D eigenvalue weighted by atomic mass is 19.1. The first-order valence-corrected chi connectivity index (χ1v) is 7.27. The van der Waals surface area contributed by atoms with Crippen LogP contribution in [-0.2, 0) is 6.54 Å². The summed E-state index contributed by atoms with van der Waals surface area (Å²) in [5.74, 6) is 0.0725. The summed E-state index contributed by atoms with van der Waals surface area (Å²) in [6, 6.07) is 5.68. The van der Waals surface area contributed by atoms with Gasteiger partial charge in [-0.2, -0.15) is 0 Å². The standard InChI is InChI=1S/C17H14FN3O4/c1-24-15-8-11(18)2-3-13(15)12-4-5-19-9-14(12)21(17(22)23)10-16-20-6-7-25-16/h2-9H,10H2,1H3,(H,22,23). The molecule has 1 aromatic carbocycles. The maximum atomic E-state index is 13.5. The maximum Gasteiger partial charge on any atom is 0.412 e. The minimum absolute atomic E-state index is 0.0927. The fourth-order valence-corrected chi connectivity index (χ4v) is 2.44. The van der Waals surface area contributed by atoms with Gasteiger partial charge in [0.05, 0.1) is 25.2 Å². The van der Waals surface area contributed by atoms with Gasteiger partial charge < -0.3 is 14.3 Å². The van der Waals surface area contributed by atoms with Gasteiger partial charge in [0.15, 0.2) is 0 Å². The molecule has 0 aliphatic heterocycles. The van der Waals surface area contributed by atoms with E-state index in [1.807, 2.05) is 0 Å². The highest BCUT2D eigenvalue weighted by molar-refractivity contribution is 5.93. The summed E-state index contributed by atoms with van der Waals surface area (Å²) in [6.45, 7) is -0.0927. The third-order valence-electron chi connectivity index (χ3n) is 3.55. The maximum absolute atomic E-state index is 13.5. The molecular formula is C17H14FN3O4. The van der Waals surface area contributed by atoms with E-state index < -0.39 is 11.9 Å².